The van der Waals surface area contributed by atoms with Gasteiger partial charge in [0.2, 0.25) is 10.0 Å². The van der Waals surface area contributed by atoms with Gasteiger partial charge in [-0.25, -0.2) is 13.1 Å². The minimum atomic E-state index is -3.21. The molecule has 0 fully saturated rings. The van der Waals surface area contributed by atoms with Crippen LogP contribution in [0.4, 0.5) is 0 Å². The molecule has 0 atom stereocenters. The Kier molecular flexibility index (Phi) is 5.58. The molecule has 0 aromatic heterocycles. The van der Waals surface area contributed by atoms with E-state index in [-0.39, 0.29) is 24.7 Å². The first-order chi connectivity index (χ1) is 8.44. The highest BCUT2D eigenvalue weighted by Crippen LogP contribution is 2.10. The Balaban J connectivity index is 2.39. The third kappa shape index (κ3) is 5.03. The maximum atomic E-state index is 11.6. The SMILES string of the molecule is CCS(=O)(=O)NCCNC(=O)c1cccc(Cl)c1. The van der Waals surface area contributed by atoms with Gasteiger partial charge in [0, 0.05) is 23.7 Å². The van der Waals surface area contributed by atoms with Crippen molar-refractivity contribution in [2.45, 2.75) is 6.92 Å². The van der Waals surface area contributed by atoms with E-state index in [0.717, 1.165) is 0 Å². The summed E-state index contributed by atoms with van der Waals surface area (Å²) < 4.78 is 24.6. The second kappa shape index (κ2) is 6.72. The number of nitrogens with one attached hydrogen (secondary N) is 2. The van der Waals surface area contributed by atoms with Gasteiger partial charge in [0.1, 0.15) is 0 Å². The van der Waals surface area contributed by atoms with Crippen molar-refractivity contribution >= 4 is 27.5 Å². The maximum absolute atomic E-state index is 11.6. The van der Waals surface area contributed by atoms with Gasteiger partial charge in [0.25, 0.3) is 5.91 Å². The Morgan fingerprint density at radius 2 is 2.06 bits per heavy atom. The molecule has 0 aliphatic heterocycles. The quantitative estimate of drug-likeness (QED) is 0.768. The van der Waals surface area contributed by atoms with E-state index >= 15 is 0 Å². The predicted octanol–water partition coefficient (Wildman–Crippen LogP) is 1.01. The first kappa shape index (κ1) is 14.9. The van der Waals surface area contributed by atoms with Gasteiger partial charge in [0.05, 0.1) is 5.75 Å². The van der Waals surface area contributed by atoms with E-state index in [2.05, 4.69) is 10.0 Å². The number of benzene rings is 1. The van der Waals surface area contributed by atoms with Crippen LogP contribution in [0.1, 0.15) is 17.3 Å². The van der Waals surface area contributed by atoms with Gasteiger partial charge in [-0.05, 0) is 25.1 Å². The third-order valence-corrected chi connectivity index (χ3v) is 3.84. The van der Waals surface area contributed by atoms with Crippen molar-refractivity contribution in [1.29, 1.82) is 0 Å². The summed E-state index contributed by atoms with van der Waals surface area (Å²) in [5.41, 5.74) is 0.445. The molecule has 0 heterocycles. The van der Waals surface area contributed by atoms with Crippen LogP contribution in [0.3, 0.4) is 0 Å². The first-order valence-electron chi connectivity index (χ1n) is 5.45. The molecule has 1 rings (SSSR count). The lowest BCUT2D eigenvalue weighted by atomic mass is 10.2. The molecule has 1 aromatic rings. The topological polar surface area (TPSA) is 75.3 Å². The molecule has 7 heteroatoms. The van der Waals surface area contributed by atoms with Crippen molar-refractivity contribution < 1.29 is 13.2 Å². The van der Waals surface area contributed by atoms with E-state index < -0.39 is 10.0 Å². The molecule has 1 aromatic carbocycles. The molecule has 5 nitrogen and oxygen atoms in total. The van der Waals surface area contributed by atoms with Crippen LogP contribution in [0.2, 0.25) is 5.02 Å². The molecule has 0 saturated heterocycles. The first-order valence-corrected chi connectivity index (χ1v) is 7.49. The van der Waals surface area contributed by atoms with Gasteiger partial charge in [-0.1, -0.05) is 17.7 Å². The van der Waals surface area contributed by atoms with E-state index in [1.807, 2.05) is 0 Å². The summed E-state index contributed by atoms with van der Waals surface area (Å²) in [6.45, 7) is 1.94. The van der Waals surface area contributed by atoms with Gasteiger partial charge in [0.15, 0.2) is 0 Å². The van der Waals surface area contributed by atoms with Crippen molar-refractivity contribution in [3.8, 4) is 0 Å². The Bertz CT molecular complexity index is 517. The summed E-state index contributed by atoms with van der Waals surface area (Å²) in [6.07, 6.45) is 0. The zero-order chi connectivity index (χ0) is 13.6. The molecule has 0 aliphatic rings. The van der Waals surface area contributed by atoms with Crippen molar-refractivity contribution in [3.63, 3.8) is 0 Å². The van der Waals surface area contributed by atoms with Crippen LogP contribution in [0, 0.1) is 0 Å². The van der Waals surface area contributed by atoms with E-state index in [4.69, 9.17) is 11.6 Å². The monoisotopic (exact) mass is 290 g/mol. The van der Waals surface area contributed by atoms with Gasteiger partial charge in [-0.3, -0.25) is 4.79 Å². The van der Waals surface area contributed by atoms with Crippen LogP contribution in [0.15, 0.2) is 24.3 Å². The number of carbonyl (C=O) groups is 1. The third-order valence-electron chi connectivity index (χ3n) is 2.20. The molecule has 0 bridgehead atoms. The van der Waals surface area contributed by atoms with Crippen LogP contribution in [0.5, 0.6) is 0 Å². The van der Waals surface area contributed by atoms with Crippen molar-refractivity contribution in [2.24, 2.45) is 0 Å². The number of halogens is 1. The molecule has 2 N–H and O–H groups in total. The summed E-state index contributed by atoms with van der Waals surface area (Å²) in [5.74, 6) is -0.261. The Morgan fingerprint density at radius 1 is 1.33 bits per heavy atom. The number of rotatable bonds is 6. The Morgan fingerprint density at radius 3 is 2.67 bits per heavy atom. The molecule has 1 amide bonds. The average molecular weight is 291 g/mol. The minimum absolute atomic E-state index is 0.0231. The van der Waals surface area contributed by atoms with Crippen LogP contribution >= 0.6 is 11.6 Å². The molecule has 18 heavy (non-hydrogen) atoms. The zero-order valence-corrected chi connectivity index (χ0v) is 11.5. The van der Waals surface area contributed by atoms with Crippen molar-refractivity contribution in [1.82, 2.24) is 10.0 Å². The molecule has 0 radical (unpaired) electrons. The summed E-state index contributed by atoms with van der Waals surface area (Å²) in [7, 11) is -3.21. The Hall–Kier alpha value is -1.11. The maximum Gasteiger partial charge on any atom is 0.251 e. The van der Waals surface area contributed by atoms with Crippen LogP contribution < -0.4 is 10.0 Å². The van der Waals surface area contributed by atoms with Gasteiger partial charge in [-0.2, -0.15) is 0 Å². The molecule has 0 saturated carbocycles. The molecule has 0 aliphatic carbocycles. The fraction of sp³-hybridized carbons (Fsp3) is 0.364. The minimum Gasteiger partial charge on any atom is -0.351 e. The van der Waals surface area contributed by atoms with Crippen LogP contribution in [-0.4, -0.2) is 33.2 Å². The summed E-state index contributed by atoms with van der Waals surface area (Å²) in [5, 5.41) is 3.08. The molecule has 0 unspecified atom stereocenters. The van der Waals surface area contributed by atoms with E-state index in [0.29, 0.717) is 10.6 Å². The smallest absolute Gasteiger partial charge is 0.251 e. The number of amides is 1. The molecular formula is C11H15ClN2O3S. The number of hydrogen-bond donors (Lipinski definition) is 2. The van der Waals surface area contributed by atoms with Crippen LogP contribution in [0.25, 0.3) is 0 Å². The Labute approximate surface area is 112 Å². The number of carbonyl (C=O) groups excluding carboxylic acids is 1. The van der Waals surface area contributed by atoms with E-state index in [1.165, 1.54) is 0 Å². The van der Waals surface area contributed by atoms with E-state index in [1.54, 1.807) is 31.2 Å². The average Bonchev–Trinajstić information content (AvgIpc) is 2.34. The largest absolute Gasteiger partial charge is 0.351 e. The lowest BCUT2D eigenvalue weighted by Crippen LogP contribution is -2.35. The summed E-state index contributed by atoms with van der Waals surface area (Å²) >= 11 is 5.76. The lowest BCUT2D eigenvalue weighted by molar-refractivity contribution is 0.0954. The van der Waals surface area contributed by atoms with Crippen LogP contribution in [-0.2, 0) is 10.0 Å². The normalized spacial score (nSPS) is 11.2. The van der Waals surface area contributed by atoms with Crippen molar-refractivity contribution in [2.75, 3.05) is 18.8 Å². The van der Waals surface area contributed by atoms with E-state index in [9.17, 15) is 13.2 Å². The molecule has 100 valence electrons. The van der Waals surface area contributed by atoms with Gasteiger partial charge in [-0.15, -0.1) is 0 Å². The molecule has 0 spiro atoms. The highest BCUT2D eigenvalue weighted by atomic mass is 35.5. The second-order valence-corrected chi connectivity index (χ2v) is 6.10. The zero-order valence-electron chi connectivity index (χ0n) is 9.94. The van der Waals surface area contributed by atoms with Crippen molar-refractivity contribution in [3.05, 3.63) is 34.9 Å². The fourth-order valence-electron chi connectivity index (χ4n) is 1.22. The lowest BCUT2D eigenvalue weighted by Gasteiger charge is -2.06. The highest BCUT2D eigenvalue weighted by molar-refractivity contribution is 7.89. The summed E-state index contributed by atoms with van der Waals surface area (Å²) in [4.78, 5) is 11.6. The highest BCUT2D eigenvalue weighted by Gasteiger charge is 2.07. The van der Waals surface area contributed by atoms with Gasteiger partial charge < -0.3 is 5.32 Å². The van der Waals surface area contributed by atoms with Gasteiger partial charge >= 0.3 is 0 Å². The molecular weight excluding hydrogens is 276 g/mol. The number of sulfonamides is 1. The second-order valence-electron chi connectivity index (χ2n) is 3.56. The fourth-order valence-corrected chi connectivity index (χ4v) is 2.02. The standard InChI is InChI=1S/C11H15ClN2O3S/c1-2-18(16,17)14-7-6-13-11(15)9-4-3-5-10(12)8-9/h3-5,8,14H,2,6-7H2,1H3,(H,13,15). The number of hydrogen-bond acceptors (Lipinski definition) is 3. The predicted molar refractivity (Wildman–Crippen MR) is 71.2 cm³/mol. The summed E-state index contributed by atoms with van der Waals surface area (Å²) in [6, 6.07) is 6.54.